The molecule has 0 aliphatic carbocycles. The van der Waals surface area contributed by atoms with Crippen LogP contribution in [0.3, 0.4) is 0 Å². The van der Waals surface area contributed by atoms with E-state index >= 15 is 0 Å². The topological polar surface area (TPSA) is 75.9 Å². The number of hydrogen-bond acceptors (Lipinski definition) is 4. The fourth-order valence-corrected chi connectivity index (χ4v) is 5.15. The van der Waals surface area contributed by atoms with Gasteiger partial charge in [0.1, 0.15) is 6.10 Å². The van der Waals surface area contributed by atoms with E-state index in [0.29, 0.717) is 12.1 Å². The molecule has 2 aliphatic rings. The van der Waals surface area contributed by atoms with Gasteiger partial charge in [0.15, 0.2) is 0 Å². The normalized spacial score (nSPS) is 21.2. The van der Waals surface area contributed by atoms with Crippen molar-refractivity contribution in [2.24, 2.45) is 5.73 Å². The molecule has 0 radical (unpaired) electrons. The number of carbonyl (C=O) groups excluding carboxylic acids is 2. The molecule has 0 saturated carbocycles. The van der Waals surface area contributed by atoms with Gasteiger partial charge >= 0.3 is 0 Å². The van der Waals surface area contributed by atoms with Crippen molar-refractivity contribution < 1.29 is 14.3 Å². The number of anilines is 1. The predicted octanol–water partition coefficient (Wildman–Crippen LogP) is 3.23. The van der Waals surface area contributed by atoms with E-state index in [1.165, 1.54) is 5.56 Å². The molecule has 0 aromatic heterocycles. The number of piperidine rings is 1. The van der Waals surface area contributed by atoms with Crippen LogP contribution < -0.4 is 10.6 Å². The van der Waals surface area contributed by atoms with Gasteiger partial charge in [-0.3, -0.25) is 9.59 Å². The highest BCUT2D eigenvalue weighted by Gasteiger charge is 2.46. The molecule has 32 heavy (non-hydrogen) atoms. The molecule has 0 bridgehead atoms. The number of ether oxygens (including phenoxy) is 1. The maximum absolute atomic E-state index is 13.1. The molecule has 2 heterocycles. The number of benzene rings is 2. The van der Waals surface area contributed by atoms with E-state index in [1.807, 2.05) is 37.8 Å². The van der Waals surface area contributed by atoms with Crippen molar-refractivity contribution in [1.82, 2.24) is 4.90 Å². The zero-order valence-electron chi connectivity index (χ0n) is 19.3. The minimum atomic E-state index is -0.518. The molecular weight excluding hydrogens is 402 g/mol. The summed E-state index contributed by atoms with van der Waals surface area (Å²) in [4.78, 5) is 29.4. The highest BCUT2D eigenvalue weighted by atomic mass is 16.5. The lowest BCUT2D eigenvalue weighted by molar-refractivity contribution is -0.161. The molecule has 6 heteroatoms. The first kappa shape index (κ1) is 22.5. The Labute approximate surface area is 190 Å². The van der Waals surface area contributed by atoms with Crippen molar-refractivity contribution >= 4 is 17.5 Å². The predicted molar refractivity (Wildman–Crippen MR) is 126 cm³/mol. The molecule has 1 spiro atoms. The summed E-state index contributed by atoms with van der Waals surface area (Å²) in [5.74, 6) is -0.533. The zero-order chi connectivity index (χ0) is 22.9. The number of aryl methyl sites for hydroxylation is 1. The van der Waals surface area contributed by atoms with Crippen LogP contribution in [0.25, 0.3) is 0 Å². The van der Waals surface area contributed by atoms with Crippen molar-refractivity contribution in [3.63, 3.8) is 0 Å². The van der Waals surface area contributed by atoms with E-state index < -0.39 is 12.0 Å². The number of rotatable bonds is 5. The molecule has 1 unspecified atom stereocenters. The van der Waals surface area contributed by atoms with Gasteiger partial charge in [0.25, 0.3) is 5.91 Å². The van der Waals surface area contributed by atoms with Gasteiger partial charge in [0.2, 0.25) is 5.91 Å². The Morgan fingerprint density at radius 1 is 1.12 bits per heavy atom. The summed E-state index contributed by atoms with van der Waals surface area (Å²) in [7, 11) is 0. The molecule has 2 aliphatic heterocycles. The third-order valence-corrected chi connectivity index (χ3v) is 6.98. The van der Waals surface area contributed by atoms with E-state index in [1.54, 1.807) is 6.07 Å². The minimum absolute atomic E-state index is 0.0602. The Hall–Kier alpha value is -2.70. The van der Waals surface area contributed by atoms with Crippen LogP contribution in [0.1, 0.15) is 46.8 Å². The number of carbonyl (C=O) groups is 2. The lowest BCUT2D eigenvalue weighted by Crippen LogP contribution is -2.62. The van der Waals surface area contributed by atoms with Crippen LogP contribution in [0.15, 0.2) is 42.5 Å². The SMILES string of the molecule is Cc1ccc(C(N)=O)c(C)c1N1CC2(CCN(CCc3ccccc3)CC2)OC(C)C1=O. The third-order valence-electron chi connectivity index (χ3n) is 6.98. The summed E-state index contributed by atoms with van der Waals surface area (Å²) < 4.78 is 6.34. The zero-order valence-corrected chi connectivity index (χ0v) is 19.3. The summed E-state index contributed by atoms with van der Waals surface area (Å²) >= 11 is 0. The lowest BCUT2D eigenvalue weighted by atomic mass is 9.87. The fraction of sp³-hybridized carbons (Fsp3) is 0.462. The molecule has 1 atom stereocenters. The van der Waals surface area contributed by atoms with Crippen LogP contribution in [0.2, 0.25) is 0 Å². The number of hydrogen-bond donors (Lipinski definition) is 1. The smallest absolute Gasteiger partial charge is 0.255 e. The molecule has 6 nitrogen and oxygen atoms in total. The number of nitrogens with two attached hydrogens (primary N) is 1. The molecule has 2 aromatic carbocycles. The van der Waals surface area contributed by atoms with Crippen LogP contribution in [-0.2, 0) is 16.0 Å². The van der Waals surface area contributed by atoms with Gasteiger partial charge in [-0.2, -0.15) is 0 Å². The van der Waals surface area contributed by atoms with E-state index in [-0.39, 0.29) is 11.5 Å². The number of amides is 2. The Morgan fingerprint density at radius 3 is 2.47 bits per heavy atom. The molecule has 2 saturated heterocycles. The molecule has 2 aromatic rings. The summed E-state index contributed by atoms with van der Waals surface area (Å²) in [6.45, 7) is 9.10. The summed E-state index contributed by atoms with van der Waals surface area (Å²) in [5.41, 5.74) is 9.55. The van der Waals surface area contributed by atoms with Crippen LogP contribution in [0, 0.1) is 13.8 Å². The molecular formula is C26H33N3O3. The van der Waals surface area contributed by atoms with Gasteiger partial charge in [-0.05, 0) is 62.8 Å². The molecule has 170 valence electrons. The van der Waals surface area contributed by atoms with Gasteiger partial charge in [-0.25, -0.2) is 0 Å². The fourth-order valence-electron chi connectivity index (χ4n) is 5.15. The van der Waals surface area contributed by atoms with Crippen molar-refractivity contribution in [2.45, 2.75) is 51.7 Å². The van der Waals surface area contributed by atoms with E-state index in [2.05, 4.69) is 29.2 Å². The molecule has 2 fully saturated rings. The van der Waals surface area contributed by atoms with Crippen LogP contribution >= 0.6 is 0 Å². The summed E-state index contributed by atoms with van der Waals surface area (Å²) in [5, 5.41) is 0. The maximum atomic E-state index is 13.1. The van der Waals surface area contributed by atoms with Crippen LogP contribution in [0.5, 0.6) is 0 Å². The highest BCUT2D eigenvalue weighted by Crippen LogP contribution is 2.38. The molecule has 4 rings (SSSR count). The van der Waals surface area contributed by atoms with E-state index in [4.69, 9.17) is 10.5 Å². The molecule has 2 amide bonds. The maximum Gasteiger partial charge on any atom is 0.255 e. The second-order valence-electron chi connectivity index (χ2n) is 9.21. The molecule has 2 N–H and O–H groups in total. The highest BCUT2D eigenvalue weighted by molar-refractivity contribution is 6.02. The van der Waals surface area contributed by atoms with Gasteiger partial charge < -0.3 is 20.3 Å². The Morgan fingerprint density at radius 2 is 1.81 bits per heavy atom. The third kappa shape index (κ3) is 4.43. The average molecular weight is 436 g/mol. The summed E-state index contributed by atoms with van der Waals surface area (Å²) in [6, 6.07) is 14.2. The lowest BCUT2D eigenvalue weighted by Gasteiger charge is -2.49. The number of likely N-dealkylation sites (tertiary alicyclic amines) is 1. The second kappa shape index (κ2) is 9.04. The standard InChI is InChI=1S/C26H33N3O3/c1-18-9-10-22(24(27)30)19(2)23(18)29-17-26(32-20(3)25(29)31)12-15-28(16-13-26)14-11-21-7-5-4-6-8-21/h4-10,20H,11-17H2,1-3H3,(H2,27,30). The van der Waals surface area contributed by atoms with E-state index in [0.717, 1.165) is 55.7 Å². The van der Waals surface area contributed by atoms with Gasteiger partial charge in [0, 0.05) is 25.2 Å². The summed E-state index contributed by atoms with van der Waals surface area (Å²) in [6.07, 6.45) is 2.27. The minimum Gasteiger partial charge on any atom is -0.366 e. The van der Waals surface area contributed by atoms with Crippen molar-refractivity contribution in [3.05, 3.63) is 64.7 Å². The van der Waals surface area contributed by atoms with Crippen LogP contribution in [-0.4, -0.2) is 54.6 Å². The number of morpholine rings is 1. The number of primary amides is 1. The first-order valence-electron chi connectivity index (χ1n) is 11.5. The first-order chi connectivity index (χ1) is 15.3. The number of nitrogens with zero attached hydrogens (tertiary/aromatic N) is 2. The Bertz CT molecular complexity index is 997. The monoisotopic (exact) mass is 435 g/mol. The van der Waals surface area contributed by atoms with Crippen molar-refractivity contribution in [2.75, 3.05) is 31.1 Å². The first-order valence-corrected chi connectivity index (χ1v) is 11.5. The second-order valence-corrected chi connectivity index (χ2v) is 9.21. The Kier molecular flexibility index (Phi) is 6.35. The quantitative estimate of drug-likeness (QED) is 0.782. The van der Waals surface area contributed by atoms with Gasteiger partial charge in [0.05, 0.1) is 17.8 Å². The Balaban J connectivity index is 1.50. The van der Waals surface area contributed by atoms with Crippen molar-refractivity contribution in [3.8, 4) is 0 Å². The average Bonchev–Trinajstić information content (AvgIpc) is 2.77. The van der Waals surface area contributed by atoms with Gasteiger partial charge in [-0.1, -0.05) is 36.4 Å². The van der Waals surface area contributed by atoms with Crippen LogP contribution in [0.4, 0.5) is 5.69 Å². The largest absolute Gasteiger partial charge is 0.366 e. The van der Waals surface area contributed by atoms with E-state index in [9.17, 15) is 9.59 Å². The van der Waals surface area contributed by atoms with Gasteiger partial charge in [-0.15, -0.1) is 0 Å². The van der Waals surface area contributed by atoms with Crippen molar-refractivity contribution in [1.29, 1.82) is 0 Å².